The molecular formula is C20H19N7O5S3. The SMILES string of the molecule is CO/N=C(\C(=O)NC1C(=O)N2C(C(=O)O)=C(CN3C=CC=C4SCN=C43)CS[C@H]12)c1csc(N)n1. The molecule has 12 nitrogen and oxygen atoms in total. The number of allylic oxidation sites excluding steroid dienone is 2. The lowest BCUT2D eigenvalue weighted by atomic mass is 10.0. The number of amides is 2. The minimum absolute atomic E-state index is 0.0574. The van der Waals surface area contributed by atoms with Gasteiger partial charge in [0, 0.05) is 23.9 Å². The van der Waals surface area contributed by atoms with Gasteiger partial charge in [0.1, 0.15) is 35.8 Å². The third-order valence-corrected chi connectivity index (χ3v) is 8.40. The molecule has 0 radical (unpaired) electrons. The highest BCUT2D eigenvalue weighted by Crippen LogP contribution is 2.41. The Morgan fingerprint density at radius 2 is 2.26 bits per heavy atom. The van der Waals surface area contributed by atoms with Crippen LogP contribution in [-0.4, -0.2) is 85.9 Å². The van der Waals surface area contributed by atoms with Gasteiger partial charge in [0.25, 0.3) is 11.8 Å². The van der Waals surface area contributed by atoms with Gasteiger partial charge in [-0.25, -0.2) is 9.78 Å². The number of carboxylic acids is 1. The number of carbonyl (C=O) groups excluding carboxylic acids is 2. The van der Waals surface area contributed by atoms with Crippen molar-refractivity contribution in [3.05, 3.63) is 45.6 Å². The number of fused-ring (bicyclic) bond motifs is 2. The maximum absolute atomic E-state index is 13.0. The van der Waals surface area contributed by atoms with Crippen molar-refractivity contribution in [3.63, 3.8) is 0 Å². The Morgan fingerprint density at radius 1 is 1.43 bits per heavy atom. The van der Waals surface area contributed by atoms with Crippen molar-refractivity contribution in [2.75, 3.05) is 31.0 Å². The van der Waals surface area contributed by atoms with Crippen molar-refractivity contribution >= 4 is 69.3 Å². The Hall–Kier alpha value is -3.30. The van der Waals surface area contributed by atoms with Gasteiger partial charge in [-0.15, -0.1) is 23.1 Å². The summed E-state index contributed by atoms with van der Waals surface area (Å²) in [5, 5.41) is 17.6. The number of oxime groups is 1. The summed E-state index contributed by atoms with van der Waals surface area (Å²) in [7, 11) is 1.29. The highest BCUT2D eigenvalue weighted by Gasteiger charge is 2.54. The molecule has 15 heteroatoms. The first-order valence-corrected chi connectivity index (χ1v) is 13.2. The number of hydrogen-bond acceptors (Lipinski definition) is 12. The molecule has 0 aliphatic carbocycles. The van der Waals surface area contributed by atoms with Crippen LogP contribution in [0.5, 0.6) is 0 Å². The number of nitrogens with one attached hydrogen (secondary N) is 1. The van der Waals surface area contributed by atoms with Gasteiger partial charge in [0.2, 0.25) is 0 Å². The molecule has 0 aromatic carbocycles. The fraction of sp³-hybridized carbons (Fsp3) is 0.300. The van der Waals surface area contributed by atoms with E-state index in [9.17, 15) is 19.5 Å². The lowest BCUT2D eigenvalue weighted by Crippen LogP contribution is -2.71. The van der Waals surface area contributed by atoms with Crippen molar-refractivity contribution in [2.45, 2.75) is 11.4 Å². The summed E-state index contributed by atoms with van der Waals surface area (Å²) in [6.07, 6.45) is 5.71. The van der Waals surface area contributed by atoms with Gasteiger partial charge < -0.3 is 25.9 Å². The van der Waals surface area contributed by atoms with E-state index in [-0.39, 0.29) is 22.2 Å². The van der Waals surface area contributed by atoms with E-state index in [4.69, 9.17) is 10.6 Å². The summed E-state index contributed by atoms with van der Waals surface area (Å²) in [4.78, 5) is 55.5. The largest absolute Gasteiger partial charge is 0.477 e. The molecule has 0 spiro atoms. The predicted octanol–water partition coefficient (Wildman–Crippen LogP) is 0.630. The fourth-order valence-electron chi connectivity index (χ4n) is 4.01. The normalized spacial score (nSPS) is 23.3. The molecule has 0 bridgehead atoms. The summed E-state index contributed by atoms with van der Waals surface area (Å²) >= 11 is 4.14. The second-order valence-corrected chi connectivity index (χ2v) is 10.5. The summed E-state index contributed by atoms with van der Waals surface area (Å²) in [6.45, 7) is 0.297. The average Bonchev–Trinajstić information content (AvgIpc) is 3.49. The Balaban J connectivity index is 1.34. The first-order valence-electron chi connectivity index (χ1n) is 10.2. The molecular weight excluding hydrogens is 514 g/mol. The number of aromatic nitrogens is 1. The highest BCUT2D eigenvalue weighted by atomic mass is 32.2. The van der Waals surface area contributed by atoms with Crippen LogP contribution in [0.2, 0.25) is 0 Å². The van der Waals surface area contributed by atoms with Crippen LogP contribution < -0.4 is 11.1 Å². The van der Waals surface area contributed by atoms with E-state index >= 15 is 0 Å². The predicted molar refractivity (Wildman–Crippen MR) is 134 cm³/mol. The van der Waals surface area contributed by atoms with Crippen molar-refractivity contribution in [3.8, 4) is 0 Å². The molecule has 1 unspecified atom stereocenters. The number of carbonyl (C=O) groups is 3. The number of nitrogens with zero attached hydrogens (tertiary/aromatic N) is 5. The van der Waals surface area contributed by atoms with E-state index in [1.54, 1.807) is 17.1 Å². The van der Waals surface area contributed by atoms with E-state index in [2.05, 4.69) is 20.4 Å². The van der Waals surface area contributed by atoms with Crippen LogP contribution in [0.15, 0.2) is 50.1 Å². The van der Waals surface area contributed by atoms with E-state index in [1.807, 2.05) is 23.3 Å². The van der Waals surface area contributed by atoms with Crippen LogP contribution in [0.3, 0.4) is 0 Å². The van der Waals surface area contributed by atoms with Gasteiger partial charge in [-0.05, 0) is 17.7 Å². The highest BCUT2D eigenvalue weighted by molar-refractivity contribution is 8.04. The lowest BCUT2D eigenvalue weighted by Gasteiger charge is -2.49. The van der Waals surface area contributed by atoms with Crippen LogP contribution in [0.4, 0.5) is 5.13 Å². The second-order valence-electron chi connectivity index (χ2n) is 7.57. The third-order valence-electron chi connectivity index (χ3n) is 5.50. The fourth-order valence-corrected chi connectivity index (χ4v) is 6.70. The summed E-state index contributed by atoms with van der Waals surface area (Å²) in [6, 6.07) is -0.915. The van der Waals surface area contributed by atoms with Gasteiger partial charge in [-0.2, -0.15) is 0 Å². The molecule has 35 heavy (non-hydrogen) atoms. The molecule has 1 aromatic heterocycles. The maximum Gasteiger partial charge on any atom is 0.352 e. The average molecular weight is 534 g/mol. The van der Waals surface area contributed by atoms with Crippen LogP contribution >= 0.6 is 34.9 Å². The number of carboxylic acid groups (broad SMARTS) is 1. The van der Waals surface area contributed by atoms with Gasteiger partial charge in [0.05, 0.1) is 10.8 Å². The van der Waals surface area contributed by atoms with Crippen LogP contribution in [0.25, 0.3) is 0 Å². The summed E-state index contributed by atoms with van der Waals surface area (Å²) in [5.41, 5.74) is 6.28. The van der Waals surface area contributed by atoms with E-state index in [0.29, 0.717) is 23.7 Å². The van der Waals surface area contributed by atoms with Crippen molar-refractivity contribution in [2.24, 2.45) is 10.1 Å². The number of β-lactam (4-membered cyclic amide) rings is 1. The quantitative estimate of drug-likeness (QED) is 0.257. The van der Waals surface area contributed by atoms with Crippen molar-refractivity contribution < 1.29 is 24.3 Å². The molecule has 0 saturated carbocycles. The van der Waals surface area contributed by atoms with E-state index in [1.165, 1.54) is 23.8 Å². The van der Waals surface area contributed by atoms with E-state index < -0.39 is 29.2 Å². The number of thiazole rings is 1. The monoisotopic (exact) mass is 533 g/mol. The summed E-state index contributed by atoms with van der Waals surface area (Å²) < 4.78 is 0. The topological polar surface area (TPSA) is 163 Å². The molecule has 1 aromatic rings. The number of nitrogens with two attached hydrogens (primary N) is 1. The maximum atomic E-state index is 13.0. The number of aliphatic carboxylic acids is 1. The lowest BCUT2D eigenvalue weighted by molar-refractivity contribution is -0.150. The molecule has 1 fully saturated rings. The molecule has 1 saturated heterocycles. The van der Waals surface area contributed by atoms with Gasteiger partial charge in [-0.1, -0.05) is 16.9 Å². The molecule has 4 N–H and O–H groups in total. The standard InChI is InChI=1S/C20H19N7O5S3/c1-32-25-12(10-7-34-20(21)23-10)16(28)24-13-17(29)27-14(19(30)31)9(6-33-18(13)27)5-26-4-2-3-11-15(26)22-8-35-11/h2-4,7,13,18H,5-6,8H2,1H3,(H2,21,23)(H,24,28)(H,30,31)/b25-12-/t13?,18-/m1/s1. The first-order chi connectivity index (χ1) is 16.9. The number of amidine groups is 1. The number of anilines is 1. The smallest absolute Gasteiger partial charge is 0.352 e. The summed E-state index contributed by atoms with van der Waals surface area (Å²) in [5.74, 6) is -0.569. The van der Waals surface area contributed by atoms with Crippen LogP contribution in [0.1, 0.15) is 5.69 Å². The van der Waals surface area contributed by atoms with E-state index in [0.717, 1.165) is 22.1 Å². The van der Waals surface area contributed by atoms with Crippen LogP contribution in [0, 0.1) is 0 Å². The van der Waals surface area contributed by atoms with Gasteiger partial charge in [0.15, 0.2) is 10.8 Å². The van der Waals surface area contributed by atoms with Crippen LogP contribution in [-0.2, 0) is 19.2 Å². The number of nitrogen functional groups attached to an aromatic ring is 1. The minimum Gasteiger partial charge on any atom is -0.477 e. The number of rotatable bonds is 7. The first kappa shape index (κ1) is 23.4. The zero-order valence-corrected chi connectivity index (χ0v) is 20.7. The minimum atomic E-state index is -1.19. The third kappa shape index (κ3) is 4.19. The van der Waals surface area contributed by atoms with Crippen molar-refractivity contribution in [1.29, 1.82) is 0 Å². The zero-order valence-electron chi connectivity index (χ0n) is 18.2. The Labute approximate surface area is 211 Å². The van der Waals surface area contributed by atoms with Crippen molar-refractivity contribution in [1.82, 2.24) is 20.1 Å². The van der Waals surface area contributed by atoms with Gasteiger partial charge >= 0.3 is 5.97 Å². The molecule has 2 amide bonds. The molecule has 4 aliphatic rings. The number of aliphatic imine (C=N–C) groups is 1. The zero-order chi connectivity index (χ0) is 24.7. The molecule has 182 valence electrons. The Bertz CT molecular complexity index is 1270. The molecule has 5 rings (SSSR count). The van der Waals surface area contributed by atoms with Gasteiger partial charge in [-0.3, -0.25) is 19.5 Å². The molecule has 4 aliphatic heterocycles. The second kappa shape index (κ2) is 9.39. The Morgan fingerprint density at radius 3 is 2.97 bits per heavy atom. The number of hydrogen-bond donors (Lipinski definition) is 3. The molecule has 2 atom stereocenters. The number of thioether (sulfide) groups is 2. The Kier molecular flexibility index (Phi) is 6.29. The molecule has 5 heterocycles.